The second kappa shape index (κ2) is 2.80. The van der Waals surface area contributed by atoms with Crippen molar-refractivity contribution in [3.05, 3.63) is 29.7 Å². The third kappa shape index (κ3) is 1.39. The van der Waals surface area contributed by atoms with E-state index in [4.69, 9.17) is 0 Å². The van der Waals surface area contributed by atoms with E-state index in [-0.39, 0.29) is 11.4 Å². The molecule has 1 N–H and O–H groups in total. The minimum absolute atomic E-state index is 0.0396. The maximum Gasteiger partial charge on any atom is 0.216 e. The molecule has 0 saturated carbocycles. The van der Waals surface area contributed by atoms with E-state index >= 15 is 0 Å². The summed E-state index contributed by atoms with van der Waals surface area (Å²) in [6, 6.07) is 5.69. The predicted octanol–water partition coefficient (Wildman–Crippen LogP) is 3.00. The van der Waals surface area contributed by atoms with Crippen LogP contribution in [0.25, 0.3) is 10.9 Å². The average molecular weight is 192 g/mol. The Hall–Kier alpha value is -1.38. The number of hydrogen-bond donors (Lipinski definition) is 1. The Morgan fingerprint density at radius 1 is 1.29 bits per heavy atom. The second-order valence-electron chi connectivity index (χ2n) is 4.52. The number of halogens is 1. The van der Waals surface area contributed by atoms with Crippen molar-refractivity contribution in [3.8, 4) is 0 Å². The quantitative estimate of drug-likeness (QED) is 0.683. The molecule has 1 heterocycles. The van der Waals surface area contributed by atoms with Crippen LogP contribution in [0.5, 0.6) is 0 Å². The van der Waals surface area contributed by atoms with Gasteiger partial charge >= 0.3 is 0 Å². The van der Waals surface area contributed by atoms with Crippen molar-refractivity contribution >= 4 is 10.9 Å². The molecular weight excluding hydrogens is 179 g/mol. The third-order valence-electron chi connectivity index (χ3n) is 2.37. The molecule has 0 fully saturated rings. The molecule has 0 radical (unpaired) electrons. The summed E-state index contributed by atoms with van der Waals surface area (Å²) in [7, 11) is 0. The summed E-state index contributed by atoms with van der Waals surface area (Å²) in [5.41, 5.74) is 1.83. The van der Waals surface area contributed by atoms with Gasteiger partial charge in [0.25, 0.3) is 0 Å². The molecule has 0 aliphatic carbocycles. The predicted molar refractivity (Wildman–Crippen MR) is 54.8 cm³/mol. The van der Waals surface area contributed by atoms with Crippen LogP contribution in [0.4, 0.5) is 4.39 Å². The van der Waals surface area contributed by atoms with E-state index in [1.54, 1.807) is 0 Å². The molecule has 0 spiro atoms. The monoisotopic (exact) mass is 192 g/mol. The summed E-state index contributed by atoms with van der Waals surface area (Å²) in [6.45, 7) is 6.31. The van der Waals surface area contributed by atoms with Gasteiger partial charge in [0.05, 0.1) is 10.9 Å². The number of fused-ring (bicyclic) bond motifs is 1. The fourth-order valence-corrected chi connectivity index (χ4v) is 1.45. The van der Waals surface area contributed by atoms with Crippen molar-refractivity contribution in [3.63, 3.8) is 0 Å². The standard InChI is InChI=1S/C11H13FN2/c1-11(2,3)7-4-5-9-8(6-7)10(12)14-13-9/h4-6H,1-3H3,(H,13,14). The highest BCUT2D eigenvalue weighted by Gasteiger charge is 2.15. The molecule has 2 rings (SSSR count). The largest absolute Gasteiger partial charge is 0.252 e. The summed E-state index contributed by atoms with van der Waals surface area (Å²) in [6.07, 6.45) is 0. The molecule has 74 valence electrons. The van der Waals surface area contributed by atoms with Gasteiger partial charge in [-0.2, -0.15) is 9.49 Å². The lowest BCUT2D eigenvalue weighted by atomic mass is 9.86. The molecule has 1 aromatic carbocycles. The first kappa shape index (κ1) is 9.19. The van der Waals surface area contributed by atoms with Crippen molar-refractivity contribution in [2.75, 3.05) is 0 Å². The highest BCUT2D eigenvalue weighted by Crippen LogP contribution is 2.26. The van der Waals surface area contributed by atoms with Crippen LogP contribution in [0.3, 0.4) is 0 Å². The fraction of sp³-hybridized carbons (Fsp3) is 0.364. The normalized spacial score (nSPS) is 12.3. The topological polar surface area (TPSA) is 28.7 Å². The zero-order valence-corrected chi connectivity index (χ0v) is 8.56. The van der Waals surface area contributed by atoms with E-state index in [1.165, 1.54) is 0 Å². The van der Waals surface area contributed by atoms with E-state index in [9.17, 15) is 4.39 Å². The first-order chi connectivity index (χ1) is 6.48. The molecule has 3 heteroatoms. The highest BCUT2D eigenvalue weighted by atomic mass is 19.1. The smallest absolute Gasteiger partial charge is 0.216 e. The number of H-pyrrole nitrogens is 1. The van der Waals surface area contributed by atoms with Gasteiger partial charge in [0, 0.05) is 0 Å². The summed E-state index contributed by atoms with van der Waals surface area (Å²) in [4.78, 5) is 0. The van der Waals surface area contributed by atoms with E-state index in [0.29, 0.717) is 10.9 Å². The Kier molecular flexibility index (Phi) is 1.84. The number of nitrogens with one attached hydrogen (secondary N) is 1. The van der Waals surface area contributed by atoms with Gasteiger partial charge in [-0.3, -0.25) is 5.10 Å². The van der Waals surface area contributed by atoms with Gasteiger partial charge in [-0.1, -0.05) is 26.8 Å². The van der Waals surface area contributed by atoms with Gasteiger partial charge < -0.3 is 0 Å². The molecule has 0 aliphatic heterocycles. The molecule has 0 atom stereocenters. The van der Waals surface area contributed by atoms with Crippen LogP contribution in [-0.2, 0) is 5.41 Å². The van der Waals surface area contributed by atoms with E-state index in [1.807, 2.05) is 18.2 Å². The Bertz CT molecular complexity index is 466. The van der Waals surface area contributed by atoms with Crippen molar-refractivity contribution in [1.29, 1.82) is 0 Å². The van der Waals surface area contributed by atoms with Crippen LogP contribution >= 0.6 is 0 Å². The van der Waals surface area contributed by atoms with Gasteiger partial charge in [-0.15, -0.1) is 0 Å². The average Bonchev–Trinajstić information content (AvgIpc) is 2.46. The van der Waals surface area contributed by atoms with Crippen LogP contribution in [0, 0.1) is 5.95 Å². The minimum atomic E-state index is -0.355. The molecule has 0 aliphatic rings. The van der Waals surface area contributed by atoms with Gasteiger partial charge in [0.15, 0.2) is 0 Å². The Labute approximate surface area is 82.1 Å². The lowest BCUT2D eigenvalue weighted by molar-refractivity contribution is 0.583. The second-order valence-corrected chi connectivity index (χ2v) is 4.52. The number of nitrogens with zero attached hydrogens (tertiary/aromatic N) is 1. The summed E-state index contributed by atoms with van der Waals surface area (Å²) >= 11 is 0. The molecule has 2 aromatic rings. The van der Waals surface area contributed by atoms with Crippen LogP contribution in [0.1, 0.15) is 26.3 Å². The molecule has 1 aromatic heterocycles. The maximum atomic E-state index is 13.2. The van der Waals surface area contributed by atoms with Crippen molar-refractivity contribution in [2.45, 2.75) is 26.2 Å². The first-order valence-electron chi connectivity index (χ1n) is 4.62. The van der Waals surface area contributed by atoms with Gasteiger partial charge in [-0.05, 0) is 23.1 Å². The van der Waals surface area contributed by atoms with Gasteiger partial charge in [0.2, 0.25) is 5.95 Å². The Morgan fingerprint density at radius 2 is 2.00 bits per heavy atom. The Morgan fingerprint density at radius 3 is 2.64 bits per heavy atom. The molecule has 2 nitrogen and oxygen atoms in total. The molecule has 0 bridgehead atoms. The van der Waals surface area contributed by atoms with E-state index < -0.39 is 0 Å². The van der Waals surface area contributed by atoms with Crippen molar-refractivity contribution < 1.29 is 4.39 Å². The number of hydrogen-bond acceptors (Lipinski definition) is 1. The highest BCUT2D eigenvalue weighted by molar-refractivity contribution is 5.79. The molecular formula is C11H13FN2. The number of aromatic amines is 1. The van der Waals surface area contributed by atoms with Crippen LogP contribution in [0.15, 0.2) is 18.2 Å². The lowest BCUT2D eigenvalue weighted by Gasteiger charge is -2.18. The first-order valence-corrected chi connectivity index (χ1v) is 4.62. The number of rotatable bonds is 0. The number of benzene rings is 1. The minimum Gasteiger partial charge on any atom is -0.252 e. The van der Waals surface area contributed by atoms with Crippen LogP contribution in [0.2, 0.25) is 0 Å². The zero-order chi connectivity index (χ0) is 10.3. The maximum absolute atomic E-state index is 13.2. The van der Waals surface area contributed by atoms with Gasteiger partial charge in [0.1, 0.15) is 0 Å². The zero-order valence-electron chi connectivity index (χ0n) is 8.56. The molecule has 0 unspecified atom stereocenters. The SMILES string of the molecule is CC(C)(C)c1ccc2n[nH]c(F)c2c1. The van der Waals surface area contributed by atoms with E-state index in [2.05, 4.69) is 31.0 Å². The van der Waals surface area contributed by atoms with Crippen molar-refractivity contribution in [2.24, 2.45) is 0 Å². The lowest BCUT2D eigenvalue weighted by Crippen LogP contribution is -2.10. The molecule has 0 amide bonds. The molecule has 0 saturated heterocycles. The fourth-order valence-electron chi connectivity index (χ4n) is 1.45. The summed E-state index contributed by atoms with van der Waals surface area (Å²) in [5.74, 6) is -0.355. The van der Waals surface area contributed by atoms with Crippen molar-refractivity contribution in [1.82, 2.24) is 10.2 Å². The third-order valence-corrected chi connectivity index (χ3v) is 2.37. The van der Waals surface area contributed by atoms with Crippen LogP contribution < -0.4 is 0 Å². The Balaban J connectivity index is 2.66. The van der Waals surface area contributed by atoms with Gasteiger partial charge in [-0.25, -0.2) is 0 Å². The summed E-state index contributed by atoms with van der Waals surface area (Å²) < 4.78 is 13.2. The summed E-state index contributed by atoms with van der Waals surface area (Å²) in [5, 5.41) is 6.75. The molecule has 14 heavy (non-hydrogen) atoms. The van der Waals surface area contributed by atoms with Crippen LogP contribution in [-0.4, -0.2) is 10.2 Å². The number of aromatic nitrogens is 2. The van der Waals surface area contributed by atoms with E-state index in [0.717, 1.165) is 5.56 Å².